The van der Waals surface area contributed by atoms with Crippen LogP contribution in [0, 0.1) is 11.8 Å². The first-order valence-electron chi connectivity index (χ1n) is 7.09. The molecule has 0 radical (unpaired) electrons. The van der Waals surface area contributed by atoms with Crippen molar-refractivity contribution >= 4 is 21.9 Å². The van der Waals surface area contributed by atoms with Gasteiger partial charge in [0.25, 0.3) is 0 Å². The zero-order valence-corrected chi connectivity index (χ0v) is 12.9. The van der Waals surface area contributed by atoms with Crippen LogP contribution in [0.3, 0.4) is 0 Å². The molecule has 3 aliphatic heterocycles. The van der Waals surface area contributed by atoms with Crippen molar-refractivity contribution in [3.8, 4) is 0 Å². The van der Waals surface area contributed by atoms with Crippen LogP contribution in [0.1, 0.15) is 0 Å². The lowest BCUT2D eigenvalue weighted by molar-refractivity contribution is -0.150. The largest absolute Gasteiger partial charge is 0.481 e. The molecule has 9 heteroatoms. The normalized spacial score (nSPS) is 35.0. The van der Waals surface area contributed by atoms with Crippen molar-refractivity contribution in [2.45, 2.75) is 12.2 Å². The summed E-state index contributed by atoms with van der Waals surface area (Å²) in [4.78, 5) is 25.6. The molecule has 8 nitrogen and oxygen atoms in total. The summed E-state index contributed by atoms with van der Waals surface area (Å²) < 4.78 is 29.8. The first kappa shape index (κ1) is 15.4. The van der Waals surface area contributed by atoms with Crippen molar-refractivity contribution in [3.63, 3.8) is 0 Å². The number of carbonyl (C=O) groups is 2. The molecule has 1 N–H and O–H groups in total. The molecule has 3 aliphatic rings. The van der Waals surface area contributed by atoms with E-state index in [9.17, 15) is 23.1 Å². The molecule has 1 amide bonds. The van der Waals surface area contributed by atoms with Gasteiger partial charge >= 0.3 is 5.97 Å². The predicted molar refractivity (Wildman–Crippen MR) is 75.4 cm³/mol. The Labute approximate surface area is 128 Å². The zero-order valence-electron chi connectivity index (χ0n) is 12.1. The summed E-state index contributed by atoms with van der Waals surface area (Å²) in [5.41, 5.74) is 0. The maximum absolute atomic E-state index is 12.6. The lowest BCUT2D eigenvalue weighted by Crippen LogP contribution is -2.53. The molecule has 2 saturated heterocycles. The van der Waals surface area contributed by atoms with Crippen molar-refractivity contribution in [1.29, 1.82) is 0 Å². The second-order valence-corrected chi connectivity index (χ2v) is 7.81. The minimum Gasteiger partial charge on any atom is -0.481 e. The van der Waals surface area contributed by atoms with Gasteiger partial charge in [-0.1, -0.05) is 12.2 Å². The van der Waals surface area contributed by atoms with Crippen molar-refractivity contribution in [1.82, 2.24) is 9.21 Å². The molecule has 0 saturated carbocycles. The van der Waals surface area contributed by atoms with Gasteiger partial charge in [-0.15, -0.1) is 0 Å². The first-order chi connectivity index (χ1) is 10.3. The van der Waals surface area contributed by atoms with Gasteiger partial charge in [-0.2, -0.15) is 4.31 Å². The van der Waals surface area contributed by atoms with E-state index in [4.69, 9.17) is 4.74 Å². The second kappa shape index (κ2) is 5.32. The van der Waals surface area contributed by atoms with Gasteiger partial charge in [0.05, 0.1) is 24.4 Å². The maximum Gasteiger partial charge on any atom is 0.310 e. The smallest absolute Gasteiger partial charge is 0.310 e. The van der Waals surface area contributed by atoms with E-state index in [1.807, 2.05) is 0 Å². The predicted octanol–water partition coefficient (Wildman–Crippen LogP) is -1.26. The molecule has 0 spiro atoms. The Morgan fingerprint density at radius 1 is 1.09 bits per heavy atom. The van der Waals surface area contributed by atoms with E-state index < -0.39 is 40.0 Å². The van der Waals surface area contributed by atoms with Gasteiger partial charge in [-0.25, -0.2) is 8.42 Å². The highest BCUT2D eigenvalue weighted by Crippen LogP contribution is 2.40. The molecule has 0 unspecified atom stereocenters. The number of nitrogens with zero attached hydrogens (tertiary/aromatic N) is 2. The summed E-state index contributed by atoms with van der Waals surface area (Å²) in [5.74, 6) is -2.89. The average molecular weight is 330 g/mol. The van der Waals surface area contributed by atoms with E-state index in [2.05, 4.69) is 0 Å². The number of ether oxygens (including phenoxy) is 1. The summed E-state index contributed by atoms with van der Waals surface area (Å²) in [7, 11) is -3.26. The fraction of sp³-hybridized carbons (Fsp3) is 0.692. The number of carboxylic acid groups (broad SMARTS) is 1. The molecular weight excluding hydrogens is 312 g/mol. The summed E-state index contributed by atoms with van der Waals surface area (Å²) >= 11 is 0. The maximum atomic E-state index is 12.6. The van der Waals surface area contributed by atoms with Gasteiger partial charge < -0.3 is 14.7 Å². The van der Waals surface area contributed by atoms with Gasteiger partial charge in [0.2, 0.25) is 15.9 Å². The Kier molecular flexibility index (Phi) is 3.74. The van der Waals surface area contributed by atoms with Crippen molar-refractivity contribution in [2.75, 3.05) is 32.4 Å². The lowest BCUT2D eigenvalue weighted by atomic mass is 9.82. The molecule has 0 aliphatic carbocycles. The number of aliphatic carboxylic acids is 1. The number of hydrogen-bond donors (Lipinski definition) is 1. The molecule has 3 heterocycles. The fourth-order valence-electron chi connectivity index (χ4n) is 3.35. The Balaban J connectivity index is 1.70. The molecule has 2 bridgehead atoms. The van der Waals surface area contributed by atoms with Gasteiger partial charge in [0, 0.05) is 26.2 Å². The monoisotopic (exact) mass is 330 g/mol. The van der Waals surface area contributed by atoms with Crippen LogP contribution in [0.2, 0.25) is 0 Å². The second-order valence-electron chi connectivity index (χ2n) is 5.83. The molecule has 0 aromatic carbocycles. The van der Waals surface area contributed by atoms with Gasteiger partial charge in [0.15, 0.2) is 0 Å². The molecule has 122 valence electrons. The van der Waals surface area contributed by atoms with Crippen LogP contribution in [0.5, 0.6) is 0 Å². The van der Waals surface area contributed by atoms with E-state index in [0.717, 1.165) is 6.26 Å². The quantitative estimate of drug-likeness (QED) is 0.648. The van der Waals surface area contributed by atoms with Crippen LogP contribution in [0.4, 0.5) is 0 Å². The molecular formula is C13H18N2O6S. The van der Waals surface area contributed by atoms with Crippen LogP contribution in [-0.4, -0.2) is 79.2 Å². The van der Waals surface area contributed by atoms with Crippen LogP contribution in [0.15, 0.2) is 12.2 Å². The average Bonchev–Trinajstić information content (AvgIpc) is 3.06. The molecule has 0 aromatic rings. The molecule has 0 aromatic heterocycles. The Hall–Kier alpha value is -1.45. The van der Waals surface area contributed by atoms with Crippen LogP contribution in [-0.2, 0) is 24.3 Å². The molecule has 2 fully saturated rings. The van der Waals surface area contributed by atoms with E-state index in [-0.39, 0.29) is 32.1 Å². The summed E-state index contributed by atoms with van der Waals surface area (Å²) in [6.07, 6.45) is 3.52. The third kappa shape index (κ3) is 2.53. The minimum absolute atomic E-state index is 0.236. The number of rotatable bonds is 3. The van der Waals surface area contributed by atoms with Crippen molar-refractivity contribution in [3.05, 3.63) is 12.2 Å². The number of carboxylic acids is 1. The van der Waals surface area contributed by atoms with Gasteiger partial charge in [0.1, 0.15) is 5.92 Å². The number of carbonyl (C=O) groups excluding carboxylic acids is 1. The minimum atomic E-state index is -3.26. The van der Waals surface area contributed by atoms with Crippen molar-refractivity contribution in [2.24, 2.45) is 11.8 Å². The lowest BCUT2D eigenvalue weighted by Gasteiger charge is -2.36. The van der Waals surface area contributed by atoms with Crippen LogP contribution < -0.4 is 0 Å². The summed E-state index contributed by atoms with van der Waals surface area (Å²) in [6, 6.07) is 0. The number of sulfonamides is 1. The first-order valence-corrected chi connectivity index (χ1v) is 8.94. The SMILES string of the molecule is CS(=O)(=O)N1CCN(C(=O)[C@@H]2[C@H](C(=O)O)[C@H]3C=C[C@H]2O3)CC1. The highest BCUT2D eigenvalue weighted by molar-refractivity contribution is 7.88. The van der Waals surface area contributed by atoms with E-state index in [0.29, 0.717) is 0 Å². The van der Waals surface area contributed by atoms with Gasteiger partial charge in [-0.3, -0.25) is 9.59 Å². The topological polar surface area (TPSA) is 104 Å². The zero-order chi connectivity index (χ0) is 16.1. The van der Waals surface area contributed by atoms with E-state index in [1.54, 1.807) is 17.1 Å². The van der Waals surface area contributed by atoms with E-state index in [1.165, 1.54) is 4.31 Å². The highest BCUT2D eigenvalue weighted by Gasteiger charge is 2.54. The fourth-order valence-corrected chi connectivity index (χ4v) is 4.17. The summed E-state index contributed by atoms with van der Waals surface area (Å²) in [6.45, 7) is 1.02. The summed E-state index contributed by atoms with van der Waals surface area (Å²) in [5, 5.41) is 9.33. The Bertz CT molecular complexity index is 622. The highest BCUT2D eigenvalue weighted by atomic mass is 32.2. The Morgan fingerprint density at radius 3 is 2.14 bits per heavy atom. The van der Waals surface area contributed by atoms with Crippen molar-refractivity contribution < 1.29 is 27.9 Å². The number of amides is 1. The van der Waals surface area contributed by atoms with Gasteiger partial charge in [-0.05, 0) is 0 Å². The third-order valence-corrected chi connectivity index (χ3v) is 5.79. The number of fused-ring (bicyclic) bond motifs is 2. The number of piperazine rings is 1. The third-order valence-electron chi connectivity index (χ3n) is 4.49. The standard InChI is InChI=1S/C13H18N2O6S/c1-22(19,20)15-6-4-14(5-7-15)12(16)10-8-2-3-9(21-8)11(10)13(17)18/h2-3,8-11H,4-7H2,1H3,(H,17,18)/t8-,9-,10+,11-/m1/s1. The van der Waals surface area contributed by atoms with Crippen LogP contribution >= 0.6 is 0 Å². The number of hydrogen-bond acceptors (Lipinski definition) is 5. The Morgan fingerprint density at radius 2 is 1.64 bits per heavy atom. The molecule has 4 atom stereocenters. The molecule has 3 rings (SSSR count). The molecule has 22 heavy (non-hydrogen) atoms. The van der Waals surface area contributed by atoms with E-state index >= 15 is 0 Å². The van der Waals surface area contributed by atoms with Crippen LogP contribution in [0.25, 0.3) is 0 Å².